The standard InChI is InChI=1S/C51H38N2/c1-2-10-22-39(21-9-1)53-48-28-16-15-23-42(48)47-35-41(33-34-49(47)53)52(40-31-29-37(30-32-40)36-17-5-3-6-18-36)51-45-26-13-11-24-43(45)50(38-19-7-4-8-20-38)44-25-12-14-27-46(44)51/h1,3-9,11-20,22-35H,2,10,21H2. The smallest absolute Gasteiger partial charge is 0.0618 e. The van der Waals surface area contributed by atoms with E-state index in [0.717, 1.165) is 30.6 Å². The predicted octanol–water partition coefficient (Wildman–Crippen LogP) is 14.5. The maximum atomic E-state index is 2.49. The van der Waals surface area contributed by atoms with Crippen LogP contribution >= 0.6 is 0 Å². The topological polar surface area (TPSA) is 8.17 Å². The van der Waals surface area contributed by atoms with E-state index in [0.29, 0.717) is 0 Å². The molecule has 1 heterocycles. The van der Waals surface area contributed by atoms with E-state index in [2.05, 4.69) is 204 Å². The average molecular weight is 679 g/mol. The highest BCUT2D eigenvalue weighted by Crippen LogP contribution is 2.49. The Labute approximate surface area is 310 Å². The summed E-state index contributed by atoms with van der Waals surface area (Å²) in [5.74, 6) is 0. The van der Waals surface area contributed by atoms with Crippen molar-refractivity contribution >= 4 is 66.1 Å². The molecule has 0 unspecified atom stereocenters. The highest BCUT2D eigenvalue weighted by atomic mass is 15.1. The third kappa shape index (κ3) is 5.34. The zero-order valence-electron chi connectivity index (χ0n) is 29.5. The zero-order chi connectivity index (χ0) is 35.1. The minimum absolute atomic E-state index is 0.932. The van der Waals surface area contributed by atoms with Crippen LogP contribution in [0.4, 0.5) is 17.1 Å². The first-order chi connectivity index (χ1) is 26.3. The van der Waals surface area contributed by atoms with Crippen LogP contribution in [0.15, 0.2) is 194 Å². The van der Waals surface area contributed by atoms with Crippen LogP contribution in [0.3, 0.4) is 0 Å². The summed E-state index contributed by atoms with van der Waals surface area (Å²) in [4.78, 5) is 2.49. The second-order valence-electron chi connectivity index (χ2n) is 13.9. The summed E-state index contributed by atoms with van der Waals surface area (Å²) in [5.41, 5.74) is 12.2. The van der Waals surface area contributed by atoms with E-state index < -0.39 is 0 Å². The van der Waals surface area contributed by atoms with Crippen LogP contribution in [0.25, 0.3) is 71.3 Å². The number of hydrogen-bond acceptors (Lipinski definition) is 1. The summed E-state index contributed by atoms with van der Waals surface area (Å²) in [6.45, 7) is 0. The van der Waals surface area contributed by atoms with Gasteiger partial charge in [0, 0.05) is 45.0 Å². The van der Waals surface area contributed by atoms with Gasteiger partial charge in [-0.05, 0) is 82.3 Å². The molecule has 0 saturated carbocycles. The third-order valence-electron chi connectivity index (χ3n) is 10.8. The number of para-hydroxylation sites is 1. The second-order valence-corrected chi connectivity index (χ2v) is 13.9. The van der Waals surface area contributed by atoms with Crippen molar-refractivity contribution < 1.29 is 0 Å². The fourth-order valence-electron chi connectivity index (χ4n) is 8.45. The molecule has 0 spiro atoms. The first kappa shape index (κ1) is 31.1. The Morgan fingerprint density at radius 2 is 0.943 bits per heavy atom. The van der Waals surface area contributed by atoms with Crippen molar-refractivity contribution in [3.05, 3.63) is 194 Å². The molecule has 252 valence electrons. The first-order valence-electron chi connectivity index (χ1n) is 18.7. The van der Waals surface area contributed by atoms with Crippen LogP contribution < -0.4 is 4.90 Å². The van der Waals surface area contributed by atoms with Crippen molar-refractivity contribution in [1.82, 2.24) is 4.57 Å². The van der Waals surface area contributed by atoms with Gasteiger partial charge in [-0.15, -0.1) is 0 Å². The molecule has 1 aromatic heterocycles. The fourth-order valence-corrected chi connectivity index (χ4v) is 8.45. The van der Waals surface area contributed by atoms with Crippen LogP contribution in [0, 0.1) is 0 Å². The molecule has 0 radical (unpaired) electrons. The molecule has 10 rings (SSSR count). The number of anilines is 3. The van der Waals surface area contributed by atoms with E-state index in [4.69, 9.17) is 0 Å². The molecule has 0 N–H and O–H groups in total. The number of allylic oxidation sites excluding steroid dienone is 4. The fraction of sp³-hybridized carbons (Fsp3) is 0.0588. The van der Waals surface area contributed by atoms with E-state index in [1.54, 1.807) is 0 Å². The van der Waals surface area contributed by atoms with Crippen LogP contribution in [-0.2, 0) is 0 Å². The Kier molecular flexibility index (Phi) is 7.73. The number of nitrogens with zero attached hydrogens (tertiary/aromatic N) is 2. The quantitative estimate of drug-likeness (QED) is 0.126. The molecule has 53 heavy (non-hydrogen) atoms. The normalized spacial score (nSPS) is 13.1. The summed E-state index contributed by atoms with van der Waals surface area (Å²) in [6.07, 6.45) is 10.1. The van der Waals surface area contributed by atoms with Gasteiger partial charge in [-0.25, -0.2) is 0 Å². The maximum Gasteiger partial charge on any atom is 0.0618 e. The highest BCUT2D eigenvalue weighted by Gasteiger charge is 2.23. The van der Waals surface area contributed by atoms with Crippen LogP contribution in [-0.4, -0.2) is 4.57 Å². The van der Waals surface area contributed by atoms with Gasteiger partial charge in [-0.3, -0.25) is 0 Å². The largest absolute Gasteiger partial charge is 0.313 e. The molecule has 0 saturated heterocycles. The molecule has 0 aliphatic heterocycles. The van der Waals surface area contributed by atoms with Crippen molar-refractivity contribution in [1.29, 1.82) is 0 Å². The average Bonchev–Trinajstić information content (AvgIpc) is 3.33. The maximum absolute atomic E-state index is 2.49. The lowest BCUT2D eigenvalue weighted by molar-refractivity contribution is 1.05. The van der Waals surface area contributed by atoms with Gasteiger partial charge in [0.15, 0.2) is 0 Å². The first-order valence-corrected chi connectivity index (χ1v) is 18.7. The third-order valence-corrected chi connectivity index (χ3v) is 10.8. The predicted molar refractivity (Wildman–Crippen MR) is 227 cm³/mol. The number of benzene rings is 8. The molecule has 2 nitrogen and oxygen atoms in total. The van der Waals surface area contributed by atoms with E-state index in [9.17, 15) is 0 Å². The number of fused-ring (bicyclic) bond motifs is 5. The lowest BCUT2D eigenvalue weighted by atomic mass is 9.90. The van der Waals surface area contributed by atoms with Gasteiger partial charge in [0.05, 0.1) is 16.7 Å². The Morgan fingerprint density at radius 3 is 1.64 bits per heavy atom. The van der Waals surface area contributed by atoms with Gasteiger partial charge < -0.3 is 9.47 Å². The van der Waals surface area contributed by atoms with Gasteiger partial charge in [-0.1, -0.05) is 158 Å². The van der Waals surface area contributed by atoms with Gasteiger partial charge in [0.1, 0.15) is 0 Å². The van der Waals surface area contributed by atoms with E-state index in [1.165, 1.54) is 77.0 Å². The van der Waals surface area contributed by atoms with Crippen LogP contribution in [0.1, 0.15) is 19.3 Å². The molecule has 1 aliphatic rings. The Bertz CT molecular complexity index is 2780. The van der Waals surface area contributed by atoms with E-state index in [1.807, 2.05) is 0 Å². The SMILES string of the molecule is C1=CCC(n2c3ccccc3c3cc(N(c4ccc(-c5ccccc5)cc4)c4c5ccccc5c(-c5ccccc5)c5ccccc45)ccc32)=CCC1. The van der Waals surface area contributed by atoms with Crippen molar-refractivity contribution in [3.8, 4) is 22.3 Å². The molecule has 0 atom stereocenters. The Balaban J connectivity index is 1.27. The monoisotopic (exact) mass is 678 g/mol. The lowest BCUT2D eigenvalue weighted by Gasteiger charge is -2.30. The Hall–Kier alpha value is -6.64. The zero-order valence-corrected chi connectivity index (χ0v) is 29.5. The van der Waals surface area contributed by atoms with E-state index in [-0.39, 0.29) is 0 Å². The van der Waals surface area contributed by atoms with Gasteiger partial charge in [-0.2, -0.15) is 0 Å². The molecule has 0 fully saturated rings. The number of hydrogen-bond donors (Lipinski definition) is 0. The van der Waals surface area contributed by atoms with Gasteiger partial charge >= 0.3 is 0 Å². The van der Waals surface area contributed by atoms with Crippen LogP contribution in [0.2, 0.25) is 0 Å². The summed E-state index contributed by atoms with van der Waals surface area (Å²) in [7, 11) is 0. The summed E-state index contributed by atoms with van der Waals surface area (Å²) in [5, 5.41) is 7.44. The molecule has 0 amide bonds. The Morgan fingerprint density at radius 1 is 0.396 bits per heavy atom. The second kappa shape index (κ2) is 13.2. The van der Waals surface area contributed by atoms with Crippen molar-refractivity contribution in [2.75, 3.05) is 4.90 Å². The van der Waals surface area contributed by atoms with Crippen molar-refractivity contribution in [2.24, 2.45) is 0 Å². The minimum atomic E-state index is 0.932. The molecular formula is C51H38N2. The van der Waals surface area contributed by atoms with Crippen molar-refractivity contribution in [2.45, 2.75) is 19.3 Å². The summed E-state index contributed by atoms with van der Waals surface area (Å²) >= 11 is 0. The number of rotatable bonds is 6. The van der Waals surface area contributed by atoms with E-state index >= 15 is 0 Å². The molecule has 2 heteroatoms. The summed E-state index contributed by atoms with van der Waals surface area (Å²) < 4.78 is 2.49. The van der Waals surface area contributed by atoms with Crippen LogP contribution in [0.5, 0.6) is 0 Å². The minimum Gasteiger partial charge on any atom is -0.313 e. The van der Waals surface area contributed by atoms with Gasteiger partial charge in [0.25, 0.3) is 0 Å². The summed E-state index contributed by atoms with van der Waals surface area (Å²) in [6, 6.07) is 64.4. The van der Waals surface area contributed by atoms with Gasteiger partial charge in [0.2, 0.25) is 0 Å². The van der Waals surface area contributed by atoms with Crippen molar-refractivity contribution in [3.63, 3.8) is 0 Å². The number of aromatic nitrogens is 1. The molecule has 8 aromatic carbocycles. The molecule has 9 aromatic rings. The lowest BCUT2D eigenvalue weighted by Crippen LogP contribution is -2.11. The highest BCUT2D eigenvalue weighted by molar-refractivity contribution is 6.22. The molecular weight excluding hydrogens is 641 g/mol. The molecule has 0 bridgehead atoms. The molecule has 1 aliphatic carbocycles.